The zero-order valence-electron chi connectivity index (χ0n) is 47.9. The van der Waals surface area contributed by atoms with E-state index < -0.39 is 0 Å². The average molecular weight is 1980 g/mol. The van der Waals surface area contributed by atoms with Crippen LogP contribution in [0.5, 0.6) is 0 Å². The second-order valence-electron chi connectivity index (χ2n) is 18.9. The van der Waals surface area contributed by atoms with Crippen LogP contribution in [0, 0.1) is 92.6 Å². The van der Waals surface area contributed by atoms with Gasteiger partial charge in [-0.25, -0.2) is 0 Å². The molecule has 0 atom stereocenters. The van der Waals surface area contributed by atoms with Crippen LogP contribution in [0.3, 0.4) is 0 Å². The maximum atomic E-state index is 4.68. The van der Waals surface area contributed by atoms with E-state index in [9.17, 15) is 0 Å². The standard InChI is InChI=1S/2C17H15N2.C12H13N2.2C11H11N2.5Ir/c1-13-7-6-10-16(11-13)19-12-17(14(2)18-19)15-8-4-3-5-9-15;1-13-7-6-10-16(11-13)19-12-14(2)17(18-19)15-8-4-3-5-9-15;1-3-11-9-14(13-10(11)2)12-7-5-4-6-8-12;2*1-9-8-13(12-10(9)2)11-6-4-3-5-7-11;;;;;/h2*3-9,11-12H,1-2H3;4-7,9H,3H2,1-2H3;2*3-6,8H,1-2H3;;;;;/q5*-1;;;;;. The van der Waals surface area contributed by atoms with Crippen LogP contribution in [-0.4, -0.2) is 48.9 Å². The number of benzene rings is 7. The zero-order valence-corrected chi connectivity index (χ0v) is 59.9. The Morgan fingerprint density at radius 3 is 1.07 bits per heavy atom. The summed E-state index contributed by atoms with van der Waals surface area (Å²) in [6.45, 7) is 20.6. The molecule has 5 aromatic heterocycles. The Balaban J connectivity index is 0.000000271. The molecule has 0 unspecified atom stereocenters. The van der Waals surface area contributed by atoms with Crippen molar-refractivity contribution in [3.8, 4) is 50.8 Å². The van der Waals surface area contributed by atoms with E-state index in [2.05, 4.69) is 146 Å². The van der Waals surface area contributed by atoms with E-state index in [1.165, 1.54) is 38.9 Å². The van der Waals surface area contributed by atoms with Crippen molar-refractivity contribution in [3.05, 3.63) is 287 Å². The molecule has 0 fully saturated rings. The smallest absolute Gasteiger partial charge is 0.0955 e. The van der Waals surface area contributed by atoms with Crippen LogP contribution < -0.4 is 0 Å². The molecule has 0 N–H and O–H groups in total. The Bertz CT molecular complexity index is 3530. The molecular formula is C68H65Ir5N10-5. The summed E-state index contributed by atoms with van der Waals surface area (Å²) in [6.07, 6.45) is 11.2. The normalized spacial score (nSPS) is 9.86. The van der Waals surface area contributed by atoms with E-state index in [4.69, 9.17) is 0 Å². The number of hydrogen-bond donors (Lipinski definition) is 0. The predicted octanol–water partition coefficient (Wildman–Crippen LogP) is 15.0. The Morgan fingerprint density at radius 1 is 0.325 bits per heavy atom. The van der Waals surface area contributed by atoms with Crippen LogP contribution >= 0.6 is 0 Å². The summed E-state index contributed by atoms with van der Waals surface area (Å²) in [7, 11) is 0. The molecule has 12 aromatic rings. The molecule has 5 heterocycles. The summed E-state index contributed by atoms with van der Waals surface area (Å²) in [4.78, 5) is 0. The summed E-state index contributed by atoms with van der Waals surface area (Å²) in [5, 5.41) is 22.4. The number of hydrogen-bond acceptors (Lipinski definition) is 5. The predicted molar refractivity (Wildman–Crippen MR) is 315 cm³/mol. The minimum atomic E-state index is 0. The SMILES string of the molecule is CCc1cn(-c2[c-]cccc2)nc1C.Cc1cc[c-]c(-n2cc(-c3ccccc3)c(C)n2)c1.Cc1cc[c-]c(-n2cc(C)c(-c3ccccc3)n2)c1.Cc1cn(-c2[c-]cccc2)nc1C.Cc1cn(-c2[c-]cccc2)nc1C.[Ir].[Ir].[Ir].[Ir].[Ir]. The Morgan fingerprint density at radius 2 is 0.687 bits per heavy atom. The fourth-order valence-corrected chi connectivity index (χ4v) is 8.23. The molecule has 15 heteroatoms. The third-order valence-electron chi connectivity index (χ3n) is 12.8. The maximum absolute atomic E-state index is 4.68. The van der Waals surface area contributed by atoms with E-state index in [1.807, 2.05) is 203 Å². The average Bonchev–Trinajstić information content (AvgIpc) is 4.36. The quantitative estimate of drug-likeness (QED) is 0.141. The summed E-state index contributed by atoms with van der Waals surface area (Å²) < 4.78 is 9.37. The molecular weight excluding hydrogens is 1920 g/mol. The number of aromatic nitrogens is 10. The van der Waals surface area contributed by atoms with Gasteiger partial charge in [-0.15, -0.1) is 30.3 Å². The largest absolute Gasteiger partial charge is 0.265 e. The molecule has 0 amide bonds. The van der Waals surface area contributed by atoms with E-state index >= 15 is 0 Å². The van der Waals surface area contributed by atoms with Gasteiger partial charge in [0, 0.05) is 143 Å². The molecule has 437 valence electrons. The number of nitrogens with zero attached hydrogens (tertiary/aromatic N) is 10. The van der Waals surface area contributed by atoms with Crippen molar-refractivity contribution in [1.82, 2.24) is 48.9 Å². The van der Waals surface area contributed by atoms with Crippen molar-refractivity contribution in [2.75, 3.05) is 0 Å². The Hall–Kier alpha value is -6.16. The van der Waals surface area contributed by atoms with Gasteiger partial charge in [0.25, 0.3) is 0 Å². The minimum Gasteiger partial charge on any atom is -0.265 e. The fraction of sp³-hybridized carbons (Fsp3) is 0.162. The van der Waals surface area contributed by atoms with Crippen LogP contribution in [0.1, 0.15) is 63.1 Å². The van der Waals surface area contributed by atoms with Gasteiger partial charge < -0.3 is 0 Å². The van der Waals surface area contributed by atoms with Gasteiger partial charge in [0.15, 0.2) is 0 Å². The maximum Gasteiger partial charge on any atom is 0.0955 e. The molecule has 10 nitrogen and oxygen atoms in total. The van der Waals surface area contributed by atoms with E-state index in [0.29, 0.717) is 0 Å². The Kier molecular flexibility index (Phi) is 30.2. The number of aryl methyl sites for hydroxylation is 10. The summed E-state index contributed by atoms with van der Waals surface area (Å²) in [5.41, 5.74) is 21.0. The molecule has 0 aliphatic heterocycles. The fourth-order valence-electron chi connectivity index (χ4n) is 8.23. The van der Waals surface area contributed by atoms with Gasteiger partial charge in [-0.1, -0.05) is 81.4 Å². The first-order chi connectivity index (χ1) is 37.8. The van der Waals surface area contributed by atoms with Crippen LogP contribution in [-0.2, 0) is 107 Å². The minimum absolute atomic E-state index is 0. The zero-order chi connectivity index (χ0) is 55.0. The van der Waals surface area contributed by atoms with E-state index in [0.717, 1.165) is 74.5 Å². The molecule has 0 aliphatic carbocycles. The molecule has 5 radical (unpaired) electrons. The second kappa shape index (κ2) is 35.2. The van der Waals surface area contributed by atoms with Crippen molar-refractivity contribution >= 4 is 0 Å². The topological polar surface area (TPSA) is 89.1 Å². The molecule has 0 saturated heterocycles. The van der Waals surface area contributed by atoms with Gasteiger partial charge in [0.1, 0.15) is 0 Å². The van der Waals surface area contributed by atoms with E-state index in [1.54, 1.807) is 0 Å². The molecule has 0 spiro atoms. The summed E-state index contributed by atoms with van der Waals surface area (Å²) >= 11 is 0. The van der Waals surface area contributed by atoms with Gasteiger partial charge in [-0.05, 0) is 111 Å². The monoisotopic (exact) mass is 1990 g/mol. The molecule has 7 aromatic carbocycles. The van der Waals surface area contributed by atoms with Gasteiger partial charge in [0.05, 0.1) is 28.5 Å². The van der Waals surface area contributed by atoms with Crippen molar-refractivity contribution in [3.63, 3.8) is 0 Å². The second-order valence-corrected chi connectivity index (χ2v) is 18.9. The van der Waals surface area contributed by atoms with Crippen molar-refractivity contribution < 1.29 is 101 Å². The molecule has 12 rings (SSSR count). The summed E-state index contributed by atoms with van der Waals surface area (Å²) in [5.74, 6) is 0. The molecule has 0 aliphatic rings. The number of para-hydroxylation sites is 3. The first-order valence-corrected chi connectivity index (χ1v) is 26.1. The van der Waals surface area contributed by atoms with Crippen molar-refractivity contribution in [2.45, 2.75) is 75.7 Å². The van der Waals surface area contributed by atoms with Crippen molar-refractivity contribution in [2.24, 2.45) is 0 Å². The third-order valence-corrected chi connectivity index (χ3v) is 12.8. The van der Waals surface area contributed by atoms with Gasteiger partial charge in [-0.2, -0.15) is 146 Å². The third kappa shape index (κ3) is 20.0. The first-order valence-electron chi connectivity index (χ1n) is 26.1. The molecule has 0 bridgehead atoms. The van der Waals surface area contributed by atoms with Crippen molar-refractivity contribution in [1.29, 1.82) is 0 Å². The van der Waals surface area contributed by atoms with Gasteiger partial charge in [-0.3, -0.25) is 23.4 Å². The van der Waals surface area contributed by atoms with E-state index in [-0.39, 0.29) is 101 Å². The van der Waals surface area contributed by atoms with Crippen LogP contribution in [0.4, 0.5) is 0 Å². The first kappa shape index (κ1) is 71.1. The Labute approximate surface area is 558 Å². The number of rotatable bonds is 8. The van der Waals surface area contributed by atoms with Crippen LogP contribution in [0.2, 0.25) is 0 Å². The molecule has 83 heavy (non-hydrogen) atoms. The van der Waals surface area contributed by atoms with Crippen LogP contribution in [0.15, 0.2) is 201 Å². The summed E-state index contributed by atoms with van der Waals surface area (Å²) in [6, 6.07) is 72.0. The van der Waals surface area contributed by atoms with Crippen LogP contribution in [0.25, 0.3) is 50.8 Å². The molecule has 0 saturated carbocycles. The van der Waals surface area contributed by atoms with Gasteiger partial charge >= 0.3 is 0 Å². The van der Waals surface area contributed by atoms with Gasteiger partial charge in [0.2, 0.25) is 0 Å².